The van der Waals surface area contributed by atoms with Crippen molar-refractivity contribution in [1.82, 2.24) is 10.2 Å². The lowest BCUT2D eigenvalue weighted by Crippen LogP contribution is -2.21. The van der Waals surface area contributed by atoms with Gasteiger partial charge < -0.3 is 14.5 Å². The average Bonchev–Trinajstić information content (AvgIpc) is 3.21. The van der Waals surface area contributed by atoms with Crippen LogP contribution in [0.3, 0.4) is 0 Å². The Labute approximate surface area is 172 Å². The molecule has 1 N–H and O–H groups in total. The fourth-order valence-electron chi connectivity index (χ4n) is 2.36. The normalized spacial score (nSPS) is 11.7. The lowest BCUT2D eigenvalue weighted by atomic mass is 10.2. The van der Waals surface area contributed by atoms with Gasteiger partial charge in [0.2, 0.25) is 11.8 Å². The van der Waals surface area contributed by atoms with Gasteiger partial charge in [0.1, 0.15) is 5.25 Å². The Balaban J connectivity index is 1.42. The van der Waals surface area contributed by atoms with E-state index in [0.29, 0.717) is 5.89 Å². The molecular formula is C21H21N3O4S. The first-order valence-electron chi connectivity index (χ1n) is 9.04. The molecule has 0 radical (unpaired) electrons. The van der Waals surface area contributed by atoms with Gasteiger partial charge in [0.25, 0.3) is 5.89 Å². The highest BCUT2D eigenvalue weighted by Gasteiger charge is 2.18. The highest BCUT2D eigenvalue weighted by atomic mass is 32.2. The van der Waals surface area contributed by atoms with Gasteiger partial charge >= 0.3 is 5.97 Å². The van der Waals surface area contributed by atoms with E-state index < -0.39 is 11.2 Å². The van der Waals surface area contributed by atoms with Crippen molar-refractivity contribution in [3.63, 3.8) is 0 Å². The van der Waals surface area contributed by atoms with E-state index >= 15 is 0 Å². The number of aromatic nitrogens is 2. The molecule has 1 heterocycles. The standard InChI is InChI=1S/C21H21N3O4S/c1-14-8-10-17(11-9-14)22-18(25)13-29-15(2)21(26)27-12-19-23-24-20(28-19)16-6-4-3-5-7-16/h3-11,15H,12-13H2,1-2H3,(H,22,25)/t15-/m0/s1. The van der Waals surface area contributed by atoms with E-state index in [9.17, 15) is 9.59 Å². The second-order valence-corrected chi connectivity index (χ2v) is 7.67. The molecule has 0 fully saturated rings. The molecule has 0 saturated heterocycles. The quantitative estimate of drug-likeness (QED) is 0.563. The first-order valence-corrected chi connectivity index (χ1v) is 10.1. The largest absolute Gasteiger partial charge is 0.455 e. The smallest absolute Gasteiger partial charge is 0.319 e. The van der Waals surface area contributed by atoms with E-state index in [1.165, 1.54) is 11.8 Å². The van der Waals surface area contributed by atoms with Crippen LogP contribution in [-0.2, 0) is 20.9 Å². The van der Waals surface area contributed by atoms with Crippen LogP contribution in [0.15, 0.2) is 59.0 Å². The third kappa shape index (κ3) is 6.18. The first-order chi connectivity index (χ1) is 14.0. The summed E-state index contributed by atoms with van der Waals surface area (Å²) in [7, 11) is 0. The van der Waals surface area contributed by atoms with Crippen molar-refractivity contribution >= 4 is 29.3 Å². The van der Waals surface area contributed by atoms with Crippen molar-refractivity contribution in [2.45, 2.75) is 25.7 Å². The van der Waals surface area contributed by atoms with E-state index in [-0.39, 0.29) is 24.2 Å². The molecule has 7 nitrogen and oxygen atoms in total. The third-order valence-corrected chi connectivity index (χ3v) is 5.08. The summed E-state index contributed by atoms with van der Waals surface area (Å²) in [4.78, 5) is 24.2. The van der Waals surface area contributed by atoms with E-state index in [4.69, 9.17) is 9.15 Å². The number of anilines is 1. The molecule has 2 aromatic carbocycles. The molecule has 29 heavy (non-hydrogen) atoms. The number of aryl methyl sites for hydroxylation is 1. The predicted octanol–water partition coefficient (Wildman–Crippen LogP) is 3.85. The Morgan fingerprint density at radius 1 is 1.10 bits per heavy atom. The Morgan fingerprint density at radius 3 is 2.55 bits per heavy atom. The van der Waals surface area contributed by atoms with E-state index in [1.54, 1.807) is 6.92 Å². The molecule has 3 rings (SSSR count). The number of carbonyl (C=O) groups excluding carboxylic acids is 2. The molecule has 1 amide bonds. The molecule has 150 valence electrons. The van der Waals surface area contributed by atoms with Gasteiger partial charge in [-0.05, 0) is 38.1 Å². The molecule has 1 atom stereocenters. The second-order valence-electron chi connectivity index (χ2n) is 6.34. The lowest BCUT2D eigenvalue weighted by Gasteiger charge is -2.10. The Hall–Kier alpha value is -3.13. The Morgan fingerprint density at radius 2 is 1.83 bits per heavy atom. The summed E-state index contributed by atoms with van der Waals surface area (Å²) in [5, 5.41) is 10.1. The number of carbonyl (C=O) groups is 2. The molecule has 0 unspecified atom stereocenters. The van der Waals surface area contributed by atoms with Gasteiger partial charge in [-0.2, -0.15) is 0 Å². The number of esters is 1. The number of rotatable bonds is 8. The second kappa shape index (κ2) is 9.88. The molecule has 0 aliphatic rings. The number of benzene rings is 2. The summed E-state index contributed by atoms with van der Waals surface area (Å²) in [6.45, 7) is 3.56. The minimum absolute atomic E-state index is 0.112. The number of nitrogens with zero attached hydrogens (tertiary/aromatic N) is 2. The molecule has 0 aliphatic carbocycles. The van der Waals surface area contributed by atoms with Crippen molar-refractivity contribution in [1.29, 1.82) is 0 Å². The molecule has 3 aromatic rings. The Bertz CT molecular complexity index is 958. The van der Waals surface area contributed by atoms with E-state index in [0.717, 1.165) is 16.8 Å². The van der Waals surface area contributed by atoms with Gasteiger partial charge in [0.15, 0.2) is 6.61 Å². The molecular weight excluding hydrogens is 390 g/mol. The van der Waals surface area contributed by atoms with Gasteiger partial charge in [-0.25, -0.2) is 0 Å². The zero-order valence-corrected chi connectivity index (χ0v) is 16.9. The number of amides is 1. The van der Waals surface area contributed by atoms with Crippen LogP contribution < -0.4 is 5.32 Å². The van der Waals surface area contributed by atoms with Crippen molar-refractivity contribution in [3.05, 3.63) is 66.1 Å². The summed E-state index contributed by atoms with van der Waals surface area (Å²) < 4.78 is 10.7. The maximum absolute atomic E-state index is 12.1. The van der Waals surface area contributed by atoms with Crippen LogP contribution in [0.4, 0.5) is 5.69 Å². The van der Waals surface area contributed by atoms with Crippen molar-refractivity contribution in [3.8, 4) is 11.5 Å². The summed E-state index contributed by atoms with van der Waals surface area (Å²) in [5.41, 5.74) is 2.63. The lowest BCUT2D eigenvalue weighted by molar-refractivity contribution is -0.144. The Kier molecular flexibility index (Phi) is 7.02. The number of thioether (sulfide) groups is 1. The topological polar surface area (TPSA) is 94.3 Å². The first kappa shape index (κ1) is 20.6. The van der Waals surface area contributed by atoms with E-state index in [1.807, 2.05) is 61.5 Å². The van der Waals surface area contributed by atoms with Gasteiger partial charge in [0, 0.05) is 11.3 Å². The number of nitrogens with one attached hydrogen (secondary N) is 1. The monoisotopic (exact) mass is 411 g/mol. The summed E-state index contributed by atoms with van der Waals surface area (Å²) >= 11 is 1.20. The van der Waals surface area contributed by atoms with Crippen LogP contribution in [-0.4, -0.2) is 33.1 Å². The van der Waals surface area contributed by atoms with Gasteiger partial charge in [-0.1, -0.05) is 35.9 Å². The van der Waals surface area contributed by atoms with Crippen LogP contribution in [0, 0.1) is 6.92 Å². The summed E-state index contributed by atoms with van der Waals surface area (Å²) in [6, 6.07) is 16.8. The van der Waals surface area contributed by atoms with Gasteiger partial charge in [-0.3, -0.25) is 9.59 Å². The number of hydrogen-bond donors (Lipinski definition) is 1. The molecule has 1 aromatic heterocycles. The van der Waals surface area contributed by atoms with Gasteiger partial charge in [-0.15, -0.1) is 22.0 Å². The molecule has 0 bridgehead atoms. The molecule has 0 spiro atoms. The fourth-order valence-corrected chi connectivity index (χ4v) is 3.04. The van der Waals surface area contributed by atoms with Crippen LogP contribution >= 0.6 is 11.8 Å². The van der Waals surface area contributed by atoms with Crippen LogP contribution in [0.25, 0.3) is 11.5 Å². The summed E-state index contributed by atoms with van der Waals surface area (Å²) in [6.07, 6.45) is 0. The summed E-state index contributed by atoms with van der Waals surface area (Å²) in [5.74, 6) is 0.0990. The van der Waals surface area contributed by atoms with Crippen LogP contribution in [0.5, 0.6) is 0 Å². The zero-order valence-electron chi connectivity index (χ0n) is 16.1. The number of ether oxygens (including phenoxy) is 1. The number of hydrogen-bond acceptors (Lipinski definition) is 7. The SMILES string of the molecule is Cc1ccc(NC(=O)CS[C@@H](C)C(=O)OCc2nnc(-c3ccccc3)o2)cc1. The average molecular weight is 411 g/mol. The van der Waals surface area contributed by atoms with Crippen molar-refractivity contribution in [2.75, 3.05) is 11.1 Å². The molecule has 0 aliphatic heterocycles. The van der Waals surface area contributed by atoms with Crippen molar-refractivity contribution in [2.24, 2.45) is 0 Å². The molecule has 8 heteroatoms. The molecule has 0 saturated carbocycles. The highest BCUT2D eigenvalue weighted by Crippen LogP contribution is 2.18. The third-order valence-electron chi connectivity index (χ3n) is 3.96. The predicted molar refractivity (Wildman–Crippen MR) is 111 cm³/mol. The van der Waals surface area contributed by atoms with Gasteiger partial charge in [0.05, 0.1) is 5.75 Å². The minimum atomic E-state index is -0.504. The highest BCUT2D eigenvalue weighted by molar-refractivity contribution is 8.01. The van der Waals surface area contributed by atoms with Crippen LogP contribution in [0.2, 0.25) is 0 Å². The van der Waals surface area contributed by atoms with E-state index in [2.05, 4.69) is 15.5 Å². The maximum atomic E-state index is 12.1. The van der Waals surface area contributed by atoms with Crippen LogP contribution in [0.1, 0.15) is 18.4 Å². The van der Waals surface area contributed by atoms with Crippen molar-refractivity contribution < 1.29 is 18.7 Å². The fraction of sp³-hybridized carbons (Fsp3) is 0.238. The minimum Gasteiger partial charge on any atom is -0.455 e. The zero-order chi connectivity index (χ0) is 20.6. The maximum Gasteiger partial charge on any atom is 0.319 e.